The summed E-state index contributed by atoms with van der Waals surface area (Å²) in [7, 11) is 0. The van der Waals surface area contributed by atoms with E-state index in [4.69, 9.17) is 0 Å². The molecule has 0 aliphatic carbocycles. The van der Waals surface area contributed by atoms with Crippen molar-refractivity contribution in [3.63, 3.8) is 0 Å². The van der Waals surface area contributed by atoms with Gasteiger partial charge in [0.25, 0.3) is 0 Å². The first kappa shape index (κ1) is 12.5. The molecule has 2 nitrogen and oxygen atoms in total. The molecule has 1 heterocycles. The fourth-order valence-corrected chi connectivity index (χ4v) is 2.95. The summed E-state index contributed by atoms with van der Waals surface area (Å²) in [6, 6.07) is 13.8. The van der Waals surface area contributed by atoms with Crippen LogP contribution in [0.3, 0.4) is 0 Å². The molecular formula is C17H22N2. The van der Waals surface area contributed by atoms with Gasteiger partial charge >= 0.3 is 0 Å². The average molecular weight is 254 g/mol. The van der Waals surface area contributed by atoms with E-state index in [0.717, 1.165) is 6.54 Å². The van der Waals surface area contributed by atoms with Gasteiger partial charge in [0.15, 0.2) is 0 Å². The highest BCUT2D eigenvalue weighted by atomic mass is 15.1. The van der Waals surface area contributed by atoms with Crippen molar-refractivity contribution >= 4 is 16.5 Å². The first-order valence-corrected chi connectivity index (χ1v) is 7.04. The van der Waals surface area contributed by atoms with Crippen molar-refractivity contribution in [3.8, 4) is 0 Å². The molecule has 2 aromatic carbocycles. The largest absolute Gasteiger partial charge is 0.381 e. The Morgan fingerprint density at radius 1 is 1.11 bits per heavy atom. The molecule has 1 aliphatic rings. The third-order valence-electron chi connectivity index (χ3n) is 3.95. The van der Waals surface area contributed by atoms with Crippen LogP contribution in [0, 0.1) is 6.92 Å². The highest BCUT2D eigenvalue weighted by Crippen LogP contribution is 2.24. The molecule has 2 heteroatoms. The minimum atomic E-state index is 0.256. The highest BCUT2D eigenvalue weighted by Gasteiger charge is 2.29. The third kappa shape index (κ3) is 2.74. The molecule has 2 aromatic rings. The van der Waals surface area contributed by atoms with E-state index in [0.29, 0.717) is 6.04 Å². The van der Waals surface area contributed by atoms with Gasteiger partial charge in [-0.3, -0.25) is 0 Å². The standard InChI is InChI=1S/C17H22N2/c1-12-4-5-14-9-15(7-6-13(14)8-12)19-16-10-17(2,3)18-11-16/h4-9,16,18-19H,10-11H2,1-3H3. The summed E-state index contributed by atoms with van der Waals surface area (Å²) in [6.07, 6.45) is 1.17. The summed E-state index contributed by atoms with van der Waals surface area (Å²) < 4.78 is 0. The monoisotopic (exact) mass is 254 g/mol. The lowest BCUT2D eigenvalue weighted by Crippen LogP contribution is -2.31. The second kappa shape index (κ2) is 4.53. The fourth-order valence-electron chi connectivity index (χ4n) is 2.95. The molecule has 0 spiro atoms. The predicted octanol–water partition coefficient (Wildman–Crippen LogP) is 3.70. The van der Waals surface area contributed by atoms with E-state index in [1.165, 1.54) is 28.4 Å². The fraction of sp³-hybridized carbons (Fsp3) is 0.412. The van der Waals surface area contributed by atoms with Crippen LogP contribution in [0.1, 0.15) is 25.8 Å². The van der Waals surface area contributed by atoms with Crippen LogP contribution in [0.2, 0.25) is 0 Å². The van der Waals surface area contributed by atoms with Crippen LogP contribution >= 0.6 is 0 Å². The second-order valence-corrected chi connectivity index (χ2v) is 6.38. The van der Waals surface area contributed by atoms with Crippen molar-refractivity contribution in [3.05, 3.63) is 42.0 Å². The molecule has 0 saturated carbocycles. The average Bonchev–Trinajstić information content (AvgIpc) is 2.69. The smallest absolute Gasteiger partial charge is 0.0403 e. The van der Waals surface area contributed by atoms with Crippen molar-refractivity contribution in [2.45, 2.75) is 38.8 Å². The van der Waals surface area contributed by atoms with E-state index >= 15 is 0 Å². The van der Waals surface area contributed by atoms with Gasteiger partial charge in [0.05, 0.1) is 0 Å². The Labute approximate surface area is 115 Å². The van der Waals surface area contributed by atoms with Crippen LogP contribution in [0.5, 0.6) is 0 Å². The van der Waals surface area contributed by atoms with E-state index < -0.39 is 0 Å². The van der Waals surface area contributed by atoms with Gasteiger partial charge in [-0.15, -0.1) is 0 Å². The van der Waals surface area contributed by atoms with E-state index in [1.54, 1.807) is 0 Å². The first-order chi connectivity index (χ1) is 9.02. The van der Waals surface area contributed by atoms with Crippen LogP contribution < -0.4 is 10.6 Å². The van der Waals surface area contributed by atoms with Crippen LogP contribution in [0.25, 0.3) is 10.8 Å². The number of rotatable bonds is 2. The van der Waals surface area contributed by atoms with Gasteiger partial charge in [0.1, 0.15) is 0 Å². The lowest BCUT2D eigenvalue weighted by atomic mass is 10.0. The zero-order valence-corrected chi connectivity index (χ0v) is 12.0. The Hall–Kier alpha value is -1.54. The van der Waals surface area contributed by atoms with Crippen molar-refractivity contribution in [1.82, 2.24) is 5.32 Å². The summed E-state index contributed by atoms with van der Waals surface area (Å²) in [5.74, 6) is 0. The maximum absolute atomic E-state index is 3.64. The molecule has 0 radical (unpaired) electrons. The molecule has 2 N–H and O–H groups in total. The van der Waals surface area contributed by atoms with Gasteiger partial charge in [-0.25, -0.2) is 0 Å². The van der Waals surface area contributed by atoms with Gasteiger partial charge in [-0.05, 0) is 50.1 Å². The summed E-state index contributed by atoms with van der Waals surface area (Å²) >= 11 is 0. The Bertz CT molecular complexity index is 601. The van der Waals surface area contributed by atoms with Crippen molar-refractivity contribution in [1.29, 1.82) is 0 Å². The molecular weight excluding hydrogens is 232 g/mol. The van der Waals surface area contributed by atoms with Gasteiger partial charge in [0, 0.05) is 23.8 Å². The summed E-state index contributed by atoms with van der Waals surface area (Å²) in [5.41, 5.74) is 2.79. The lowest BCUT2D eigenvalue weighted by molar-refractivity contribution is 0.457. The van der Waals surface area contributed by atoms with Crippen LogP contribution in [0.15, 0.2) is 36.4 Å². The summed E-state index contributed by atoms with van der Waals surface area (Å²) in [4.78, 5) is 0. The number of hydrogen-bond acceptors (Lipinski definition) is 2. The maximum Gasteiger partial charge on any atom is 0.0403 e. The zero-order valence-electron chi connectivity index (χ0n) is 12.0. The second-order valence-electron chi connectivity index (χ2n) is 6.38. The number of benzene rings is 2. The zero-order chi connectivity index (χ0) is 13.5. The van der Waals surface area contributed by atoms with E-state index in [9.17, 15) is 0 Å². The number of nitrogens with one attached hydrogen (secondary N) is 2. The Kier molecular flexibility index (Phi) is 2.98. The number of aryl methyl sites for hydroxylation is 1. The number of fused-ring (bicyclic) bond motifs is 1. The molecule has 0 aromatic heterocycles. The molecule has 1 aliphatic heterocycles. The van der Waals surface area contributed by atoms with Gasteiger partial charge in [0.2, 0.25) is 0 Å². The topological polar surface area (TPSA) is 24.1 Å². The van der Waals surface area contributed by atoms with Crippen molar-refractivity contribution in [2.24, 2.45) is 0 Å². The Morgan fingerprint density at radius 3 is 2.58 bits per heavy atom. The van der Waals surface area contributed by atoms with Crippen molar-refractivity contribution in [2.75, 3.05) is 11.9 Å². The third-order valence-corrected chi connectivity index (χ3v) is 3.95. The van der Waals surface area contributed by atoms with E-state index in [-0.39, 0.29) is 5.54 Å². The van der Waals surface area contributed by atoms with E-state index in [1.807, 2.05) is 0 Å². The minimum Gasteiger partial charge on any atom is -0.381 e. The first-order valence-electron chi connectivity index (χ1n) is 7.04. The number of anilines is 1. The molecule has 0 amide bonds. The Morgan fingerprint density at radius 2 is 1.84 bits per heavy atom. The normalized spacial score (nSPS) is 21.7. The SMILES string of the molecule is Cc1ccc2cc(NC3CNC(C)(C)C3)ccc2c1. The predicted molar refractivity (Wildman–Crippen MR) is 82.8 cm³/mol. The Balaban J connectivity index is 1.80. The molecule has 0 bridgehead atoms. The van der Waals surface area contributed by atoms with Gasteiger partial charge in [-0.2, -0.15) is 0 Å². The minimum absolute atomic E-state index is 0.256. The molecule has 1 fully saturated rings. The molecule has 1 saturated heterocycles. The number of hydrogen-bond donors (Lipinski definition) is 2. The highest BCUT2D eigenvalue weighted by molar-refractivity contribution is 5.86. The molecule has 1 atom stereocenters. The van der Waals surface area contributed by atoms with Crippen molar-refractivity contribution < 1.29 is 0 Å². The molecule has 1 unspecified atom stereocenters. The van der Waals surface area contributed by atoms with Crippen LogP contribution in [-0.4, -0.2) is 18.1 Å². The lowest BCUT2D eigenvalue weighted by Gasteiger charge is -2.18. The quantitative estimate of drug-likeness (QED) is 0.854. The summed E-state index contributed by atoms with van der Waals surface area (Å²) in [5, 5.41) is 9.81. The van der Waals surface area contributed by atoms with Crippen LogP contribution in [0.4, 0.5) is 5.69 Å². The molecule has 3 rings (SSSR count). The molecule has 19 heavy (non-hydrogen) atoms. The van der Waals surface area contributed by atoms with Gasteiger partial charge in [-0.1, -0.05) is 29.8 Å². The van der Waals surface area contributed by atoms with Crippen LogP contribution in [-0.2, 0) is 0 Å². The molecule has 100 valence electrons. The maximum atomic E-state index is 3.64. The summed E-state index contributed by atoms with van der Waals surface area (Å²) in [6.45, 7) is 7.70. The van der Waals surface area contributed by atoms with Gasteiger partial charge < -0.3 is 10.6 Å². The van der Waals surface area contributed by atoms with E-state index in [2.05, 4.69) is 67.8 Å².